The van der Waals surface area contributed by atoms with E-state index < -0.39 is 0 Å². The third-order valence-corrected chi connectivity index (χ3v) is 4.48. The zero-order valence-electron chi connectivity index (χ0n) is 13.0. The van der Waals surface area contributed by atoms with Crippen molar-refractivity contribution in [3.05, 3.63) is 71.2 Å². The van der Waals surface area contributed by atoms with Crippen molar-refractivity contribution in [1.82, 2.24) is 14.7 Å². The number of nitrogens with zero attached hydrogens (tertiary/aromatic N) is 2. The molecule has 4 nitrogen and oxygen atoms in total. The number of aromatic nitrogens is 2. The summed E-state index contributed by atoms with van der Waals surface area (Å²) in [6.07, 6.45) is 9.65. The maximum absolute atomic E-state index is 12.2. The van der Waals surface area contributed by atoms with E-state index in [-0.39, 0.29) is 5.91 Å². The van der Waals surface area contributed by atoms with E-state index in [2.05, 4.69) is 28.5 Å². The van der Waals surface area contributed by atoms with Gasteiger partial charge in [-0.1, -0.05) is 18.2 Å². The van der Waals surface area contributed by atoms with Gasteiger partial charge in [-0.25, -0.2) is 4.98 Å². The highest BCUT2D eigenvalue weighted by Gasteiger charge is 2.12. The van der Waals surface area contributed by atoms with Crippen LogP contribution in [-0.4, -0.2) is 15.3 Å². The summed E-state index contributed by atoms with van der Waals surface area (Å²) in [5.41, 5.74) is 5.93. The number of nitrogens with one attached hydrogen (secondary N) is 1. The molecule has 4 heteroatoms. The highest BCUT2D eigenvalue weighted by atomic mass is 16.1. The quantitative estimate of drug-likeness (QED) is 0.805. The van der Waals surface area contributed by atoms with Gasteiger partial charge in [-0.05, 0) is 53.6 Å². The Hall–Kier alpha value is -2.62. The molecule has 0 unspecified atom stereocenters. The van der Waals surface area contributed by atoms with Crippen LogP contribution in [0.25, 0.3) is 5.65 Å². The summed E-state index contributed by atoms with van der Waals surface area (Å²) >= 11 is 0. The highest BCUT2D eigenvalue weighted by molar-refractivity contribution is 5.78. The number of amides is 1. The molecule has 2 aromatic heterocycles. The Kier molecular flexibility index (Phi) is 3.58. The number of hydrogen-bond donors (Lipinski definition) is 1. The molecule has 0 saturated heterocycles. The Labute approximate surface area is 135 Å². The maximum atomic E-state index is 12.2. The van der Waals surface area contributed by atoms with E-state index in [0.717, 1.165) is 23.2 Å². The summed E-state index contributed by atoms with van der Waals surface area (Å²) in [6, 6.07) is 10.5. The van der Waals surface area contributed by atoms with Gasteiger partial charge in [0.1, 0.15) is 5.65 Å². The van der Waals surface area contributed by atoms with E-state index in [0.29, 0.717) is 13.0 Å². The minimum atomic E-state index is 0.0613. The van der Waals surface area contributed by atoms with Gasteiger partial charge in [0.2, 0.25) is 5.91 Å². The molecule has 0 bridgehead atoms. The predicted octanol–water partition coefficient (Wildman–Crippen LogP) is 2.68. The van der Waals surface area contributed by atoms with E-state index in [9.17, 15) is 4.79 Å². The SMILES string of the molecule is O=C(Cc1ccc2c(c1)CCC2)NCc1ccn2ccnc2c1. The number of aryl methyl sites for hydroxylation is 2. The van der Waals surface area contributed by atoms with Gasteiger partial charge in [0.15, 0.2) is 0 Å². The third-order valence-electron chi connectivity index (χ3n) is 4.48. The number of fused-ring (bicyclic) bond motifs is 2. The van der Waals surface area contributed by atoms with E-state index >= 15 is 0 Å². The average Bonchev–Trinajstić information content (AvgIpc) is 3.20. The zero-order valence-corrected chi connectivity index (χ0v) is 13.0. The number of rotatable bonds is 4. The minimum absolute atomic E-state index is 0.0613. The van der Waals surface area contributed by atoms with Crippen molar-refractivity contribution in [2.75, 3.05) is 0 Å². The first-order valence-electron chi connectivity index (χ1n) is 8.07. The zero-order chi connectivity index (χ0) is 15.6. The summed E-state index contributed by atoms with van der Waals surface area (Å²) in [5, 5.41) is 3.00. The summed E-state index contributed by atoms with van der Waals surface area (Å²) < 4.78 is 1.95. The van der Waals surface area contributed by atoms with Gasteiger partial charge in [0, 0.05) is 25.1 Å². The van der Waals surface area contributed by atoms with Gasteiger partial charge in [0.25, 0.3) is 0 Å². The number of pyridine rings is 1. The second-order valence-electron chi connectivity index (χ2n) is 6.14. The van der Waals surface area contributed by atoms with Crippen molar-refractivity contribution < 1.29 is 4.79 Å². The number of hydrogen-bond acceptors (Lipinski definition) is 2. The van der Waals surface area contributed by atoms with Crippen molar-refractivity contribution in [2.24, 2.45) is 0 Å². The molecule has 23 heavy (non-hydrogen) atoms. The lowest BCUT2D eigenvalue weighted by Gasteiger charge is -2.07. The summed E-state index contributed by atoms with van der Waals surface area (Å²) in [7, 11) is 0. The van der Waals surface area contributed by atoms with Crippen LogP contribution >= 0.6 is 0 Å². The van der Waals surface area contributed by atoms with Crippen LogP contribution in [0.4, 0.5) is 0 Å². The molecule has 0 aliphatic heterocycles. The van der Waals surface area contributed by atoms with Crippen LogP contribution in [0.3, 0.4) is 0 Å². The molecule has 2 heterocycles. The largest absolute Gasteiger partial charge is 0.352 e. The first-order chi connectivity index (χ1) is 11.3. The second kappa shape index (κ2) is 5.88. The Morgan fingerprint density at radius 2 is 2.00 bits per heavy atom. The molecule has 116 valence electrons. The molecular formula is C19H19N3O. The van der Waals surface area contributed by atoms with Gasteiger partial charge < -0.3 is 9.72 Å². The molecule has 0 atom stereocenters. The molecule has 0 spiro atoms. The van der Waals surface area contributed by atoms with Gasteiger partial charge >= 0.3 is 0 Å². The van der Waals surface area contributed by atoms with Crippen molar-refractivity contribution >= 4 is 11.6 Å². The van der Waals surface area contributed by atoms with Crippen LogP contribution in [0, 0.1) is 0 Å². The normalized spacial score (nSPS) is 13.2. The fourth-order valence-corrected chi connectivity index (χ4v) is 3.25. The van der Waals surface area contributed by atoms with Crippen molar-refractivity contribution in [1.29, 1.82) is 0 Å². The van der Waals surface area contributed by atoms with Crippen LogP contribution in [0.2, 0.25) is 0 Å². The Morgan fingerprint density at radius 3 is 2.96 bits per heavy atom. The van der Waals surface area contributed by atoms with Crippen LogP contribution < -0.4 is 5.32 Å². The molecule has 1 aliphatic rings. The lowest BCUT2D eigenvalue weighted by molar-refractivity contribution is -0.120. The average molecular weight is 305 g/mol. The molecule has 0 saturated carbocycles. The standard InChI is InChI=1S/C19H19N3O/c23-19(12-14-4-5-16-2-1-3-17(16)10-14)21-13-15-6-8-22-9-7-20-18(22)11-15/h4-11H,1-3,12-13H2,(H,21,23). The third kappa shape index (κ3) is 2.97. The fourth-order valence-electron chi connectivity index (χ4n) is 3.25. The molecule has 1 amide bonds. The number of carbonyl (C=O) groups excluding carboxylic acids is 1. The maximum Gasteiger partial charge on any atom is 0.224 e. The van der Waals surface area contributed by atoms with Gasteiger partial charge in [-0.2, -0.15) is 0 Å². The summed E-state index contributed by atoms with van der Waals surface area (Å²) in [5.74, 6) is 0.0613. The first kappa shape index (κ1) is 14.0. The van der Waals surface area contributed by atoms with E-state index in [1.54, 1.807) is 6.20 Å². The minimum Gasteiger partial charge on any atom is -0.352 e. The molecule has 0 radical (unpaired) electrons. The lowest BCUT2D eigenvalue weighted by Crippen LogP contribution is -2.24. The molecule has 4 rings (SSSR count). The second-order valence-corrected chi connectivity index (χ2v) is 6.14. The van der Waals surface area contributed by atoms with E-state index in [4.69, 9.17) is 0 Å². The van der Waals surface area contributed by atoms with E-state index in [1.165, 1.54) is 24.0 Å². The van der Waals surface area contributed by atoms with Crippen LogP contribution in [0.1, 0.15) is 28.7 Å². The van der Waals surface area contributed by atoms with E-state index in [1.807, 2.05) is 28.9 Å². The lowest BCUT2D eigenvalue weighted by atomic mass is 10.0. The Morgan fingerprint density at radius 1 is 1.09 bits per heavy atom. The molecule has 1 N–H and O–H groups in total. The first-order valence-corrected chi connectivity index (χ1v) is 8.07. The fraction of sp³-hybridized carbons (Fsp3) is 0.263. The Bertz CT molecular complexity index is 866. The van der Waals surface area contributed by atoms with Gasteiger partial charge in [-0.3, -0.25) is 4.79 Å². The monoisotopic (exact) mass is 305 g/mol. The van der Waals surface area contributed by atoms with Crippen LogP contribution in [0.15, 0.2) is 48.9 Å². The van der Waals surface area contributed by atoms with Gasteiger partial charge in [0.05, 0.1) is 6.42 Å². The number of carbonyl (C=O) groups is 1. The van der Waals surface area contributed by atoms with Crippen LogP contribution in [0.5, 0.6) is 0 Å². The smallest absolute Gasteiger partial charge is 0.224 e. The number of benzene rings is 1. The topological polar surface area (TPSA) is 46.4 Å². The van der Waals surface area contributed by atoms with Crippen molar-refractivity contribution in [2.45, 2.75) is 32.2 Å². The van der Waals surface area contributed by atoms with Crippen molar-refractivity contribution in [3.8, 4) is 0 Å². The molecule has 1 aromatic carbocycles. The predicted molar refractivity (Wildman–Crippen MR) is 89.2 cm³/mol. The van der Waals surface area contributed by atoms with Gasteiger partial charge in [-0.15, -0.1) is 0 Å². The molecule has 1 aliphatic carbocycles. The summed E-state index contributed by atoms with van der Waals surface area (Å²) in [6.45, 7) is 0.535. The van der Waals surface area contributed by atoms with Crippen molar-refractivity contribution in [3.63, 3.8) is 0 Å². The number of imidazole rings is 1. The highest BCUT2D eigenvalue weighted by Crippen LogP contribution is 2.22. The molecular weight excluding hydrogens is 286 g/mol. The summed E-state index contributed by atoms with van der Waals surface area (Å²) in [4.78, 5) is 16.4. The van der Waals surface area contributed by atoms with Crippen LogP contribution in [-0.2, 0) is 30.6 Å². The molecule has 0 fully saturated rings. The Balaban J connectivity index is 1.38. The molecule has 3 aromatic rings.